The van der Waals surface area contributed by atoms with Crippen LogP contribution in [0.1, 0.15) is 59.6 Å². The number of carbonyl (C=O) groups excluding carboxylic acids is 2. The van der Waals surface area contributed by atoms with Crippen molar-refractivity contribution in [2.24, 2.45) is 0 Å². The van der Waals surface area contributed by atoms with E-state index < -0.39 is 6.04 Å². The van der Waals surface area contributed by atoms with Gasteiger partial charge < -0.3 is 10.6 Å². The molecule has 0 radical (unpaired) electrons. The maximum Gasteiger partial charge on any atom is 0.262 e. The number of thiophene rings is 1. The molecule has 5 heteroatoms. The zero-order valence-electron chi connectivity index (χ0n) is 12.8. The van der Waals surface area contributed by atoms with E-state index in [0.29, 0.717) is 6.54 Å². The molecule has 0 saturated carbocycles. The molecule has 0 aromatic carbocycles. The van der Waals surface area contributed by atoms with Gasteiger partial charge in [0.15, 0.2) is 0 Å². The minimum Gasteiger partial charge on any atom is -0.355 e. The molecule has 0 bridgehead atoms. The third-order valence-corrected chi connectivity index (χ3v) is 5.05. The first-order valence-corrected chi connectivity index (χ1v) is 8.63. The van der Waals surface area contributed by atoms with Crippen LogP contribution in [0, 0.1) is 0 Å². The molecule has 0 fully saturated rings. The van der Waals surface area contributed by atoms with E-state index in [0.717, 1.165) is 17.7 Å². The number of aryl methyl sites for hydroxylation is 2. The van der Waals surface area contributed by atoms with Crippen molar-refractivity contribution in [1.82, 2.24) is 10.6 Å². The molecule has 0 saturated heterocycles. The van der Waals surface area contributed by atoms with Gasteiger partial charge in [-0.2, -0.15) is 0 Å². The van der Waals surface area contributed by atoms with Gasteiger partial charge in [0.05, 0.1) is 4.88 Å². The van der Waals surface area contributed by atoms with Crippen LogP contribution in [0.3, 0.4) is 0 Å². The molecule has 1 aliphatic rings. The van der Waals surface area contributed by atoms with Crippen molar-refractivity contribution in [3.8, 4) is 0 Å². The van der Waals surface area contributed by atoms with Gasteiger partial charge in [-0.1, -0.05) is 12.8 Å². The van der Waals surface area contributed by atoms with E-state index in [2.05, 4.69) is 10.6 Å². The van der Waals surface area contributed by atoms with Crippen molar-refractivity contribution in [2.75, 3.05) is 6.54 Å². The Labute approximate surface area is 130 Å². The fourth-order valence-corrected chi connectivity index (χ4v) is 3.77. The Morgan fingerprint density at radius 1 is 1.24 bits per heavy atom. The first-order valence-electron chi connectivity index (χ1n) is 7.82. The molecule has 1 heterocycles. The Balaban J connectivity index is 2.02. The maximum atomic E-state index is 12.3. The molecule has 1 atom stereocenters. The van der Waals surface area contributed by atoms with Crippen LogP contribution in [0.15, 0.2) is 6.07 Å². The molecular formula is C16H24N2O2S. The summed E-state index contributed by atoms with van der Waals surface area (Å²) in [4.78, 5) is 26.0. The quantitative estimate of drug-likeness (QED) is 0.898. The molecule has 21 heavy (non-hydrogen) atoms. The highest BCUT2D eigenvalue weighted by Crippen LogP contribution is 2.28. The number of rotatable bonds is 4. The maximum absolute atomic E-state index is 12.3. The highest BCUT2D eigenvalue weighted by molar-refractivity contribution is 7.14. The Hall–Kier alpha value is -1.36. The summed E-state index contributed by atoms with van der Waals surface area (Å²) in [5.74, 6) is -0.272. The normalized spacial score (nSPS) is 16.3. The molecule has 0 unspecified atom stereocenters. The molecule has 4 nitrogen and oxygen atoms in total. The Morgan fingerprint density at radius 3 is 2.67 bits per heavy atom. The standard InChI is InChI=1S/C16H24N2O2S/c1-3-17-15(19)11(2)18-16(20)14-10-12-8-6-4-5-7-9-13(12)21-14/h10-11H,3-9H2,1-2H3,(H,17,19)(H,18,20)/t11-/m0/s1. The molecular weight excluding hydrogens is 284 g/mol. The van der Waals surface area contributed by atoms with Crippen molar-refractivity contribution in [3.05, 3.63) is 21.4 Å². The number of fused-ring (bicyclic) bond motifs is 1. The van der Waals surface area contributed by atoms with E-state index in [4.69, 9.17) is 0 Å². The van der Waals surface area contributed by atoms with Crippen molar-refractivity contribution < 1.29 is 9.59 Å². The van der Waals surface area contributed by atoms with Crippen molar-refractivity contribution in [1.29, 1.82) is 0 Å². The smallest absolute Gasteiger partial charge is 0.262 e. The van der Waals surface area contributed by atoms with Gasteiger partial charge in [0, 0.05) is 11.4 Å². The predicted octanol–water partition coefficient (Wildman–Crippen LogP) is 2.66. The fraction of sp³-hybridized carbons (Fsp3) is 0.625. The summed E-state index contributed by atoms with van der Waals surface area (Å²) in [5.41, 5.74) is 1.33. The van der Waals surface area contributed by atoms with E-state index in [9.17, 15) is 9.59 Å². The Kier molecular flexibility index (Phi) is 5.79. The third kappa shape index (κ3) is 4.30. The summed E-state index contributed by atoms with van der Waals surface area (Å²) in [5, 5.41) is 5.50. The van der Waals surface area contributed by atoms with Gasteiger partial charge in [-0.25, -0.2) is 0 Å². The average Bonchev–Trinajstić information content (AvgIpc) is 2.81. The molecule has 0 aliphatic heterocycles. The Morgan fingerprint density at radius 2 is 1.95 bits per heavy atom. The van der Waals surface area contributed by atoms with Gasteiger partial charge in [0.2, 0.25) is 5.91 Å². The highest BCUT2D eigenvalue weighted by atomic mass is 32.1. The molecule has 2 rings (SSSR count). The van der Waals surface area contributed by atoms with Crippen LogP contribution < -0.4 is 10.6 Å². The highest BCUT2D eigenvalue weighted by Gasteiger charge is 2.19. The minimum absolute atomic E-state index is 0.134. The third-order valence-electron chi connectivity index (χ3n) is 3.81. The zero-order valence-corrected chi connectivity index (χ0v) is 13.6. The summed E-state index contributed by atoms with van der Waals surface area (Å²) in [7, 11) is 0. The van der Waals surface area contributed by atoms with Gasteiger partial charge in [0.1, 0.15) is 6.04 Å². The monoisotopic (exact) mass is 308 g/mol. The number of nitrogens with one attached hydrogen (secondary N) is 2. The second-order valence-corrected chi connectivity index (χ2v) is 6.70. The van der Waals surface area contributed by atoms with Crippen molar-refractivity contribution >= 4 is 23.2 Å². The van der Waals surface area contributed by atoms with E-state index >= 15 is 0 Å². The predicted molar refractivity (Wildman–Crippen MR) is 85.8 cm³/mol. The number of likely N-dealkylation sites (N-methyl/N-ethyl adjacent to an activating group) is 1. The fourth-order valence-electron chi connectivity index (χ4n) is 2.62. The van der Waals surface area contributed by atoms with Crippen LogP contribution in [0.5, 0.6) is 0 Å². The van der Waals surface area contributed by atoms with Gasteiger partial charge >= 0.3 is 0 Å². The summed E-state index contributed by atoms with van der Waals surface area (Å²) in [6, 6.07) is 1.52. The van der Waals surface area contributed by atoms with Crippen molar-refractivity contribution in [3.63, 3.8) is 0 Å². The lowest BCUT2D eigenvalue weighted by molar-refractivity contribution is -0.122. The van der Waals surface area contributed by atoms with E-state index in [1.807, 2.05) is 13.0 Å². The summed E-state index contributed by atoms with van der Waals surface area (Å²) in [6.45, 7) is 4.16. The molecule has 116 valence electrons. The van der Waals surface area contributed by atoms with Crippen LogP contribution in [-0.4, -0.2) is 24.4 Å². The first-order chi connectivity index (χ1) is 10.1. The largest absolute Gasteiger partial charge is 0.355 e. The van der Waals surface area contributed by atoms with Crippen LogP contribution in [0.4, 0.5) is 0 Å². The van der Waals surface area contributed by atoms with Gasteiger partial charge in [-0.05, 0) is 51.2 Å². The second kappa shape index (κ2) is 7.59. The zero-order chi connectivity index (χ0) is 15.2. The van der Waals surface area contributed by atoms with E-state index in [-0.39, 0.29) is 11.8 Å². The Bertz CT molecular complexity index is 485. The van der Waals surface area contributed by atoms with Gasteiger partial charge in [0.25, 0.3) is 5.91 Å². The van der Waals surface area contributed by atoms with Gasteiger partial charge in [-0.15, -0.1) is 11.3 Å². The minimum atomic E-state index is -0.498. The molecule has 1 aromatic heterocycles. The number of amides is 2. The second-order valence-electron chi connectivity index (χ2n) is 5.56. The molecule has 2 N–H and O–H groups in total. The molecule has 2 amide bonds. The van der Waals surface area contributed by atoms with Crippen LogP contribution in [0.2, 0.25) is 0 Å². The number of hydrogen-bond acceptors (Lipinski definition) is 3. The van der Waals surface area contributed by atoms with Crippen molar-refractivity contribution in [2.45, 2.75) is 58.4 Å². The number of hydrogen-bond donors (Lipinski definition) is 2. The van der Waals surface area contributed by atoms with Crippen LogP contribution in [-0.2, 0) is 17.6 Å². The van der Waals surface area contributed by atoms with Gasteiger partial charge in [-0.3, -0.25) is 9.59 Å². The molecule has 1 aliphatic carbocycles. The lowest BCUT2D eigenvalue weighted by Gasteiger charge is -2.12. The van der Waals surface area contributed by atoms with E-state index in [1.165, 1.54) is 36.1 Å². The lowest BCUT2D eigenvalue weighted by atomic mass is 10.00. The van der Waals surface area contributed by atoms with Crippen LogP contribution >= 0.6 is 11.3 Å². The SMILES string of the molecule is CCNC(=O)[C@H](C)NC(=O)c1cc2c(s1)CCCCCC2. The average molecular weight is 308 g/mol. The van der Waals surface area contributed by atoms with E-state index in [1.54, 1.807) is 18.3 Å². The summed E-state index contributed by atoms with van der Waals surface area (Å²) >= 11 is 1.59. The summed E-state index contributed by atoms with van der Waals surface area (Å²) < 4.78 is 0. The summed E-state index contributed by atoms with van der Waals surface area (Å²) in [6.07, 6.45) is 7.15. The first kappa shape index (κ1) is 16.0. The topological polar surface area (TPSA) is 58.2 Å². The van der Waals surface area contributed by atoms with Crippen LogP contribution in [0.25, 0.3) is 0 Å². The molecule has 1 aromatic rings. The molecule has 0 spiro atoms. The number of carbonyl (C=O) groups is 2. The lowest BCUT2D eigenvalue weighted by Crippen LogP contribution is -2.44.